The fourth-order valence-corrected chi connectivity index (χ4v) is 1.52. The van der Waals surface area contributed by atoms with Gasteiger partial charge in [0.05, 0.1) is 0 Å². The van der Waals surface area contributed by atoms with Crippen LogP contribution in [0.2, 0.25) is 0 Å². The van der Waals surface area contributed by atoms with E-state index in [2.05, 4.69) is 23.8 Å². The molecular weight excluding hydrogens is 170 g/mol. The van der Waals surface area contributed by atoms with Gasteiger partial charge in [0.25, 0.3) is 0 Å². The topological polar surface area (TPSA) is 51.8 Å². The summed E-state index contributed by atoms with van der Waals surface area (Å²) in [6, 6.07) is 0. The predicted octanol–water partition coefficient (Wildman–Crippen LogP) is 1.81. The Balaban J connectivity index is 2.57. The van der Waals surface area contributed by atoms with Crippen molar-refractivity contribution in [1.29, 1.82) is 0 Å². The molecule has 66 valence electrons. The quantitative estimate of drug-likeness (QED) is 0.726. The fourth-order valence-electron chi connectivity index (χ4n) is 0.693. The zero-order chi connectivity index (χ0) is 8.97. The van der Waals surface area contributed by atoms with E-state index in [1.165, 1.54) is 0 Å². The Morgan fingerprint density at radius 1 is 1.42 bits per heavy atom. The second-order valence-corrected chi connectivity index (χ2v) is 3.96. The Morgan fingerprint density at radius 3 is 2.67 bits per heavy atom. The maximum atomic E-state index is 5.61. The summed E-state index contributed by atoms with van der Waals surface area (Å²) in [4.78, 5) is 8.08. The van der Waals surface area contributed by atoms with E-state index in [0.29, 0.717) is 11.7 Å². The molecule has 2 N–H and O–H groups in total. The van der Waals surface area contributed by atoms with Crippen LogP contribution < -0.4 is 5.73 Å². The molecule has 0 unspecified atom stereocenters. The molecule has 0 saturated carbocycles. The molecule has 0 saturated heterocycles. The van der Waals surface area contributed by atoms with Gasteiger partial charge in [-0.2, -0.15) is 0 Å². The molecule has 0 aliphatic carbocycles. The van der Waals surface area contributed by atoms with Crippen molar-refractivity contribution < 1.29 is 0 Å². The molecule has 1 rings (SSSR count). The highest BCUT2D eigenvalue weighted by Crippen LogP contribution is 2.21. The Kier molecular flexibility index (Phi) is 3.34. The van der Waals surface area contributed by atoms with Gasteiger partial charge in [-0.15, -0.1) is 11.8 Å². The Morgan fingerprint density at radius 2 is 2.08 bits per heavy atom. The molecule has 1 aromatic heterocycles. The van der Waals surface area contributed by atoms with Crippen LogP contribution in [0.15, 0.2) is 17.4 Å². The van der Waals surface area contributed by atoms with E-state index in [0.717, 1.165) is 10.8 Å². The van der Waals surface area contributed by atoms with Gasteiger partial charge in [-0.25, -0.2) is 9.97 Å². The number of rotatable bonds is 3. The minimum absolute atomic E-state index is 0.531. The van der Waals surface area contributed by atoms with E-state index >= 15 is 0 Å². The molecule has 0 aliphatic heterocycles. The lowest BCUT2D eigenvalue weighted by molar-refractivity contribution is 0.749. The number of anilines is 1. The van der Waals surface area contributed by atoms with Gasteiger partial charge in [0.15, 0.2) is 5.82 Å². The van der Waals surface area contributed by atoms with Crippen LogP contribution in [0.4, 0.5) is 5.82 Å². The highest BCUT2D eigenvalue weighted by atomic mass is 32.2. The highest BCUT2D eigenvalue weighted by molar-refractivity contribution is 7.99. The fraction of sp³-hybridized carbons (Fsp3) is 0.500. The Bertz CT molecular complexity index is 250. The van der Waals surface area contributed by atoms with Crippen molar-refractivity contribution in [1.82, 2.24) is 9.97 Å². The number of nitrogen functional groups attached to an aromatic ring is 1. The lowest BCUT2D eigenvalue weighted by Crippen LogP contribution is -1.97. The zero-order valence-electron chi connectivity index (χ0n) is 7.32. The number of aromatic nitrogens is 2. The second-order valence-electron chi connectivity index (χ2n) is 2.95. The molecule has 0 spiro atoms. The zero-order valence-corrected chi connectivity index (χ0v) is 8.14. The van der Waals surface area contributed by atoms with E-state index in [4.69, 9.17) is 5.73 Å². The van der Waals surface area contributed by atoms with Crippen LogP contribution in [0.25, 0.3) is 0 Å². The molecule has 0 amide bonds. The normalized spacial score (nSPS) is 10.6. The SMILES string of the molecule is CC(C)CSc1nccnc1N. The number of nitrogens with zero attached hydrogens (tertiary/aromatic N) is 2. The summed E-state index contributed by atoms with van der Waals surface area (Å²) in [5.74, 6) is 2.21. The minimum atomic E-state index is 0.531. The molecule has 3 nitrogen and oxygen atoms in total. The Hall–Kier alpha value is -0.770. The molecule has 0 bridgehead atoms. The van der Waals surface area contributed by atoms with E-state index in [9.17, 15) is 0 Å². The highest BCUT2D eigenvalue weighted by Gasteiger charge is 2.02. The van der Waals surface area contributed by atoms with E-state index in [-0.39, 0.29) is 0 Å². The monoisotopic (exact) mass is 183 g/mol. The molecular formula is C8H13N3S. The smallest absolute Gasteiger partial charge is 0.156 e. The van der Waals surface area contributed by atoms with Crippen molar-refractivity contribution in [3.8, 4) is 0 Å². The first-order valence-electron chi connectivity index (χ1n) is 3.89. The van der Waals surface area contributed by atoms with Crippen molar-refractivity contribution in [3.63, 3.8) is 0 Å². The number of hydrogen-bond acceptors (Lipinski definition) is 4. The first kappa shape index (κ1) is 9.32. The standard InChI is InChI=1S/C8H13N3S/c1-6(2)5-12-8-7(9)10-3-4-11-8/h3-4,6H,5H2,1-2H3,(H2,9,10). The van der Waals surface area contributed by atoms with Crippen LogP contribution in [0.3, 0.4) is 0 Å². The first-order valence-corrected chi connectivity index (χ1v) is 4.88. The summed E-state index contributed by atoms with van der Waals surface area (Å²) in [5, 5.41) is 0.839. The van der Waals surface area contributed by atoms with Crippen molar-refractivity contribution >= 4 is 17.6 Å². The molecule has 0 atom stereocenters. The molecule has 0 aromatic carbocycles. The van der Waals surface area contributed by atoms with Crippen LogP contribution in [0.1, 0.15) is 13.8 Å². The van der Waals surface area contributed by atoms with Gasteiger partial charge < -0.3 is 5.73 Å². The third-order valence-electron chi connectivity index (χ3n) is 1.24. The summed E-state index contributed by atoms with van der Waals surface area (Å²) in [7, 11) is 0. The van der Waals surface area contributed by atoms with E-state index in [1.54, 1.807) is 24.2 Å². The molecule has 0 aliphatic rings. The van der Waals surface area contributed by atoms with Crippen molar-refractivity contribution in [3.05, 3.63) is 12.4 Å². The number of nitrogens with two attached hydrogens (primary N) is 1. The largest absolute Gasteiger partial charge is 0.381 e. The van der Waals surface area contributed by atoms with E-state index < -0.39 is 0 Å². The van der Waals surface area contributed by atoms with Crippen molar-refractivity contribution in [2.24, 2.45) is 5.92 Å². The van der Waals surface area contributed by atoms with E-state index in [1.807, 2.05) is 0 Å². The second kappa shape index (κ2) is 4.30. The van der Waals surface area contributed by atoms with Crippen LogP contribution in [-0.4, -0.2) is 15.7 Å². The molecule has 12 heavy (non-hydrogen) atoms. The third kappa shape index (κ3) is 2.70. The van der Waals surface area contributed by atoms with Crippen LogP contribution in [-0.2, 0) is 0 Å². The van der Waals surface area contributed by atoms with Crippen LogP contribution in [0.5, 0.6) is 0 Å². The van der Waals surface area contributed by atoms with Gasteiger partial charge in [-0.1, -0.05) is 13.8 Å². The van der Waals surface area contributed by atoms with Gasteiger partial charge in [0.2, 0.25) is 0 Å². The summed E-state index contributed by atoms with van der Waals surface area (Å²) in [5.41, 5.74) is 5.61. The Labute approximate surface area is 76.8 Å². The van der Waals surface area contributed by atoms with Crippen LogP contribution >= 0.6 is 11.8 Å². The molecule has 4 heteroatoms. The predicted molar refractivity (Wildman–Crippen MR) is 52.0 cm³/mol. The molecule has 1 aromatic rings. The van der Waals surface area contributed by atoms with Gasteiger partial charge in [0.1, 0.15) is 5.03 Å². The lowest BCUT2D eigenvalue weighted by atomic mass is 10.3. The molecule has 0 radical (unpaired) electrons. The minimum Gasteiger partial charge on any atom is -0.381 e. The summed E-state index contributed by atoms with van der Waals surface area (Å²) >= 11 is 1.66. The maximum absolute atomic E-state index is 5.61. The van der Waals surface area contributed by atoms with Crippen LogP contribution in [0, 0.1) is 5.92 Å². The number of hydrogen-bond donors (Lipinski definition) is 1. The molecule has 1 heterocycles. The average Bonchev–Trinajstić information content (AvgIpc) is 2.03. The lowest BCUT2D eigenvalue weighted by Gasteiger charge is -2.04. The van der Waals surface area contributed by atoms with Gasteiger partial charge in [-0.3, -0.25) is 0 Å². The maximum Gasteiger partial charge on any atom is 0.156 e. The molecule has 0 fully saturated rings. The van der Waals surface area contributed by atoms with Crippen molar-refractivity contribution in [2.45, 2.75) is 18.9 Å². The average molecular weight is 183 g/mol. The summed E-state index contributed by atoms with van der Waals surface area (Å²) in [6.45, 7) is 4.33. The van der Waals surface area contributed by atoms with Gasteiger partial charge >= 0.3 is 0 Å². The third-order valence-corrected chi connectivity index (χ3v) is 2.67. The van der Waals surface area contributed by atoms with Crippen molar-refractivity contribution in [2.75, 3.05) is 11.5 Å². The van der Waals surface area contributed by atoms with Gasteiger partial charge in [0, 0.05) is 18.1 Å². The first-order chi connectivity index (χ1) is 5.70. The summed E-state index contributed by atoms with van der Waals surface area (Å²) < 4.78 is 0. The number of thioether (sulfide) groups is 1. The summed E-state index contributed by atoms with van der Waals surface area (Å²) in [6.07, 6.45) is 3.27. The van der Waals surface area contributed by atoms with Gasteiger partial charge in [-0.05, 0) is 5.92 Å².